The first-order chi connectivity index (χ1) is 7.15. The summed E-state index contributed by atoms with van der Waals surface area (Å²) in [6.45, 7) is 5.46. The molecule has 0 saturated carbocycles. The highest BCUT2D eigenvalue weighted by molar-refractivity contribution is 14.1. The van der Waals surface area contributed by atoms with Gasteiger partial charge in [0.15, 0.2) is 0 Å². The van der Waals surface area contributed by atoms with Crippen molar-refractivity contribution in [2.24, 2.45) is 5.92 Å². The van der Waals surface area contributed by atoms with E-state index in [0.717, 1.165) is 11.0 Å². The van der Waals surface area contributed by atoms with Crippen LogP contribution in [-0.2, 0) is 6.54 Å². The van der Waals surface area contributed by atoms with Crippen molar-refractivity contribution in [1.29, 1.82) is 0 Å². The normalized spacial score (nSPS) is 13.1. The monoisotopic (exact) mass is 381 g/mol. The highest BCUT2D eigenvalue weighted by Gasteiger charge is 2.10. The summed E-state index contributed by atoms with van der Waals surface area (Å²) in [5.41, 5.74) is 1.33. The fraction of sp³-hybridized carbons (Fsp3) is 0.500. The first kappa shape index (κ1) is 13.5. The average molecular weight is 382 g/mol. The summed E-state index contributed by atoms with van der Waals surface area (Å²) in [5, 5.41) is 3.59. The standard InChI is InChI=1S/C12H17BrIN/c1-9(2)12(7-14)15-8-10-5-3-4-6-11(10)13/h3-6,9,12,15H,7-8H2,1-2H3. The number of alkyl halides is 1. The summed E-state index contributed by atoms with van der Waals surface area (Å²) in [4.78, 5) is 0. The molecule has 1 unspecified atom stereocenters. The Morgan fingerprint density at radius 1 is 1.33 bits per heavy atom. The Hall–Kier alpha value is 0.390. The summed E-state index contributed by atoms with van der Waals surface area (Å²) in [6.07, 6.45) is 0. The molecule has 1 aromatic rings. The second-order valence-corrected chi connectivity index (χ2v) is 5.71. The van der Waals surface area contributed by atoms with Gasteiger partial charge in [0.2, 0.25) is 0 Å². The summed E-state index contributed by atoms with van der Waals surface area (Å²) in [7, 11) is 0. The van der Waals surface area contributed by atoms with Crippen molar-refractivity contribution in [1.82, 2.24) is 5.32 Å². The van der Waals surface area contributed by atoms with Gasteiger partial charge in [0.25, 0.3) is 0 Å². The van der Waals surface area contributed by atoms with Gasteiger partial charge < -0.3 is 5.32 Å². The third-order valence-electron chi connectivity index (χ3n) is 2.48. The van der Waals surface area contributed by atoms with E-state index in [9.17, 15) is 0 Å². The SMILES string of the molecule is CC(C)C(CI)NCc1ccccc1Br. The Morgan fingerprint density at radius 2 is 2.00 bits per heavy atom. The minimum atomic E-state index is 0.595. The van der Waals surface area contributed by atoms with Crippen LogP contribution >= 0.6 is 38.5 Å². The van der Waals surface area contributed by atoms with Crippen LogP contribution in [0.2, 0.25) is 0 Å². The molecule has 0 aliphatic carbocycles. The zero-order chi connectivity index (χ0) is 11.3. The molecular formula is C12H17BrIN. The molecule has 0 amide bonds. The van der Waals surface area contributed by atoms with E-state index >= 15 is 0 Å². The van der Waals surface area contributed by atoms with E-state index in [-0.39, 0.29) is 0 Å². The van der Waals surface area contributed by atoms with Crippen molar-refractivity contribution in [2.45, 2.75) is 26.4 Å². The predicted octanol–water partition coefficient (Wildman–Crippen LogP) is 4.00. The average Bonchev–Trinajstić information content (AvgIpc) is 2.21. The lowest BCUT2D eigenvalue weighted by molar-refractivity contribution is 0.436. The van der Waals surface area contributed by atoms with Gasteiger partial charge in [-0.2, -0.15) is 0 Å². The van der Waals surface area contributed by atoms with Gasteiger partial charge in [-0.05, 0) is 17.5 Å². The predicted molar refractivity (Wildman–Crippen MR) is 78.5 cm³/mol. The van der Waals surface area contributed by atoms with Gasteiger partial charge in [-0.3, -0.25) is 0 Å². The molecular weight excluding hydrogens is 365 g/mol. The zero-order valence-electron chi connectivity index (χ0n) is 9.13. The second kappa shape index (κ2) is 6.86. The minimum Gasteiger partial charge on any atom is -0.309 e. The van der Waals surface area contributed by atoms with Crippen molar-refractivity contribution in [3.05, 3.63) is 34.3 Å². The number of hydrogen-bond donors (Lipinski definition) is 1. The van der Waals surface area contributed by atoms with E-state index in [1.165, 1.54) is 10.0 Å². The quantitative estimate of drug-likeness (QED) is 0.600. The van der Waals surface area contributed by atoms with Gasteiger partial charge in [-0.15, -0.1) is 0 Å². The van der Waals surface area contributed by atoms with Crippen molar-refractivity contribution in [3.8, 4) is 0 Å². The molecule has 1 nitrogen and oxygen atoms in total. The molecule has 0 radical (unpaired) electrons. The molecule has 1 aromatic carbocycles. The Labute approximate surface area is 114 Å². The maximum absolute atomic E-state index is 3.59. The fourth-order valence-corrected chi connectivity index (χ4v) is 3.10. The van der Waals surface area contributed by atoms with Gasteiger partial charge in [0, 0.05) is 21.5 Å². The van der Waals surface area contributed by atoms with Crippen molar-refractivity contribution in [3.63, 3.8) is 0 Å². The van der Waals surface area contributed by atoms with E-state index < -0.39 is 0 Å². The molecule has 1 rings (SSSR count). The zero-order valence-corrected chi connectivity index (χ0v) is 12.9. The molecule has 3 heteroatoms. The third-order valence-corrected chi connectivity index (χ3v) is 4.21. The highest BCUT2D eigenvalue weighted by Crippen LogP contribution is 2.16. The van der Waals surface area contributed by atoms with Crippen LogP contribution in [0.25, 0.3) is 0 Å². The van der Waals surface area contributed by atoms with Crippen molar-refractivity contribution < 1.29 is 0 Å². The van der Waals surface area contributed by atoms with E-state index in [1.807, 2.05) is 6.07 Å². The van der Waals surface area contributed by atoms with Crippen LogP contribution < -0.4 is 5.32 Å². The molecule has 0 aromatic heterocycles. The van der Waals surface area contributed by atoms with Gasteiger partial charge in [0.1, 0.15) is 0 Å². The molecule has 0 fully saturated rings. The molecule has 0 aliphatic rings. The second-order valence-electron chi connectivity index (χ2n) is 3.98. The molecule has 0 heterocycles. The van der Waals surface area contributed by atoms with Crippen LogP contribution in [-0.4, -0.2) is 10.5 Å². The van der Waals surface area contributed by atoms with Crippen LogP contribution in [0, 0.1) is 5.92 Å². The van der Waals surface area contributed by atoms with E-state index in [0.29, 0.717) is 12.0 Å². The van der Waals surface area contributed by atoms with Crippen LogP contribution in [0.5, 0.6) is 0 Å². The summed E-state index contributed by atoms with van der Waals surface area (Å²) in [6, 6.07) is 8.97. The Kier molecular flexibility index (Phi) is 6.16. The molecule has 0 spiro atoms. The first-order valence-electron chi connectivity index (χ1n) is 5.18. The molecule has 0 bridgehead atoms. The Bertz CT molecular complexity index is 301. The third kappa shape index (κ3) is 4.41. The van der Waals surface area contributed by atoms with Crippen LogP contribution in [0.1, 0.15) is 19.4 Å². The highest BCUT2D eigenvalue weighted by atomic mass is 127. The molecule has 15 heavy (non-hydrogen) atoms. The largest absolute Gasteiger partial charge is 0.309 e. The topological polar surface area (TPSA) is 12.0 Å². The van der Waals surface area contributed by atoms with Crippen LogP contribution in [0.4, 0.5) is 0 Å². The number of rotatable bonds is 5. The maximum Gasteiger partial charge on any atom is 0.0220 e. The fourth-order valence-electron chi connectivity index (χ4n) is 1.35. The number of hydrogen-bond acceptors (Lipinski definition) is 1. The lowest BCUT2D eigenvalue weighted by Gasteiger charge is -2.20. The van der Waals surface area contributed by atoms with Gasteiger partial charge >= 0.3 is 0 Å². The number of halogens is 2. The summed E-state index contributed by atoms with van der Waals surface area (Å²) in [5.74, 6) is 0.685. The van der Waals surface area contributed by atoms with E-state index in [2.05, 4.69) is 75.9 Å². The van der Waals surface area contributed by atoms with E-state index in [4.69, 9.17) is 0 Å². The lowest BCUT2D eigenvalue weighted by atomic mass is 10.1. The first-order valence-corrected chi connectivity index (χ1v) is 7.49. The van der Waals surface area contributed by atoms with Gasteiger partial charge in [-0.1, -0.05) is 70.6 Å². The lowest BCUT2D eigenvalue weighted by Crippen LogP contribution is -2.34. The molecule has 0 aliphatic heterocycles. The van der Waals surface area contributed by atoms with Gasteiger partial charge in [-0.25, -0.2) is 0 Å². The number of benzene rings is 1. The van der Waals surface area contributed by atoms with Crippen LogP contribution in [0.3, 0.4) is 0 Å². The molecule has 84 valence electrons. The smallest absolute Gasteiger partial charge is 0.0220 e. The minimum absolute atomic E-state index is 0.595. The molecule has 1 atom stereocenters. The number of nitrogens with one attached hydrogen (secondary N) is 1. The van der Waals surface area contributed by atoms with Gasteiger partial charge in [0.05, 0.1) is 0 Å². The van der Waals surface area contributed by atoms with Crippen molar-refractivity contribution >= 4 is 38.5 Å². The molecule has 0 saturated heterocycles. The maximum atomic E-state index is 3.59. The van der Waals surface area contributed by atoms with Crippen LogP contribution in [0.15, 0.2) is 28.7 Å². The van der Waals surface area contributed by atoms with E-state index in [1.54, 1.807) is 0 Å². The Balaban J connectivity index is 2.53. The summed E-state index contributed by atoms with van der Waals surface area (Å²) < 4.78 is 2.34. The summed E-state index contributed by atoms with van der Waals surface area (Å²) >= 11 is 6.01. The molecule has 1 N–H and O–H groups in total. The van der Waals surface area contributed by atoms with Crippen molar-refractivity contribution in [2.75, 3.05) is 4.43 Å². The Morgan fingerprint density at radius 3 is 2.53 bits per heavy atom.